The molecule has 5 heteroatoms. The van der Waals surface area contributed by atoms with Gasteiger partial charge >= 0.3 is 5.97 Å². The lowest BCUT2D eigenvalue weighted by atomic mass is 9.85. The van der Waals surface area contributed by atoms with Crippen molar-refractivity contribution in [3.8, 4) is 0 Å². The van der Waals surface area contributed by atoms with E-state index in [1.807, 2.05) is 26.0 Å². The maximum absolute atomic E-state index is 12.6. The highest BCUT2D eigenvalue weighted by Gasteiger charge is 2.61. The summed E-state index contributed by atoms with van der Waals surface area (Å²) in [5.41, 5.74) is 0. The molecule has 0 spiro atoms. The quantitative estimate of drug-likeness (QED) is 0.438. The zero-order valence-corrected chi connectivity index (χ0v) is 11.9. The molecule has 2 bridgehead atoms. The molecule has 0 aromatic carbocycles. The van der Waals surface area contributed by atoms with Crippen LogP contribution in [0.5, 0.6) is 0 Å². The number of methoxy groups -OCH3 is 1. The normalized spacial score (nSPS) is 35.9. The van der Waals surface area contributed by atoms with Crippen molar-refractivity contribution >= 4 is 17.8 Å². The Kier molecular flexibility index (Phi) is 2.96. The summed E-state index contributed by atoms with van der Waals surface area (Å²) in [6.07, 6.45) is 4.98. The van der Waals surface area contributed by atoms with Gasteiger partial charge in [0.15, 0.2) is 0 Å². The minimum absolute atomic E-state index is 0.153. The molecule has 20 heavy (non-hydrogen) atoms. The van der Waals surface area contributed by atoms with Crippen LogP contribution in [0.2, 0.25) is 0 Å². The molecule has 0 aromatic rings. The topological polar surface area (TPSA) is 63.7 Å². The van der Waals surface area contributed by atoms with Crippen molar-refractivity contribution in [2.75, 3.05) is 7.11 Å². The molecule has 0 aromatic heterocycles. The lowest BCUT2D eigenvalue weighted by Crippen LogP contribution is -2.49. The fourth-order valence-electron chi connectivity index (χ4n) is 4.00. The van der Waals surface area contributed by atoms with Gasteiger partial charge in [0.05, 0.1) is 18.9 Å². The Morgan fingerprint density at radius 3 is 2.10 bits per heavy atom. The molecule has 2 fully saturated rings. The van der Waals surface area contributed by atoms with Gasteiger partial charge in [-0.05, 0) is 24.2 Å². The van der Waals surface area contributed by atoms with E-state index in [1.54, 1.807) is 0 Å². The smallest absolute Gasteiger partial charge is 0.329 e. The largest absolute Gasteiger partial charge is 0.467 e. The molecule has 1 heterocycles. The average molecular weight is 277 g/mol. The molecule has 3 rings (SSSR count). The summed E-state index contributed by atoms with van der Waals surface area (Å²) in [5.74, 6) is -1.25. The Morgan fingerprint density at radius 1 is 1.20 bits per heavy atom. The third kappa shape index (κ3) is 1.58. The van der Waals surface area contributed by atoms with Gasteiger partial charge in [0.2, 0.25) is 11.8 Å². The van der Waals surface area contributed by atoms with Crippen molar-refractivity contribution in [2.45, 2.75) is 26.3 Å². The van der Waals surface area contributed by atoms with Gasteiger partial charge < -0.3 is 4.74 Å². The third-order valence-electron chi connectivity index (χ3n) is 4.86. The van der Waals surface area contributed by atoms with Crippen molar-refractivity contribution in [2.24, 2.45) is 29.6 Å². The number of hydrogen-bond acceptors (Lipinski definition) is 4. The average Bonchev–Trinajstić information content (AvgIpc) is 3.07. The van der Waals surface area contributed by atoms with E-state index in [9.17, 15) is 14.4 Å². The second-order valence-electron chi connectivity index (χ2n) is 6.26. The van der Waals surface area contributed by atoms with Crippen LogP contribution in [0.4, 0.5) is 0 Å². The number of carbonyl (C=O) groups is 3. The fourth-order valence-corrected chi connectivity index (χ4v) is 4.00. The standard InChI is InChI=1S/C15H19NO4/c1-7(2)12(15(19)20-3)16-13(17)10-8-4-5-9(6-8)11(10)14(16)18/h4-5,7-12H,6H2,1-3H3. The molecule has 5 atom stereocenters. The van der Waals surface area contributed by atoms with Crippen LogP contribution in [0.3, 0.4) is 0 Å². The van der Waals surface area contributed by atoms with Gasteiger partial charge in [0, 0.05) is 0 Å². The van der Waals surface area contributed by atoms with Crippen LogP contribution >= 0.6 is 0 Å². The number of carbonyl (C=O) groups excluding carboxylic acids is 3. The van der Waals surface area contributed by atoms with Gasteiger partial charge in [0.25, 0.3) is 0 Å². The van der Waals surface area contributed by atoms with Crippen LogP contribution in [-0.4, -0.2) is 35.8 Å². The van der Waals surface area contributed by atoms with Gasteiger partial charge in [-0.1, -0.05) is 26.0 Å². The van der Waals surface area contributed by atoms with Crippen LogP contribution in [-0.2, 0) is 19.1 Å². The number of nitrogens with zero attached hydrogens (tertiary/aromatic N) is 1. The first kappa shape index (κ1) is 13.3. The summed E-state index contributed by atoms with van der Waals surface area (Å²) in [6.45, 7) is 3.65. The molecular weight excluding hydrogens is 258 g/mol. The molecule has 1 aliphatic heterocycles. The number of hydrogen-bond donors (Lipinski definition) is 0. The Hall–Kier alpha value is -1.65. The lowest BCUT2D eigenvalue weighted by Gasteiger charge is -2.28. The van der Waals surface area contributed by atoms with E-state index in [2.05, 4.69) is 0 Å². The third-order valence-corrected chi connectivity index (χ3v) is 4.86. The molecule has 5 nitrogen and oxygen atoms in total. The zero-order chi connectivity index (χ0) is 14.6. The monoisotopic (exact) mass is 277 g/mol. The number of imide groups is 1. The molecule has 2 amide bonds. The minimum Gasteiger partial charge on any atom is -0.467 e. The lowest BCUT2D eigenvalue weighted by molar-refractivity contribution is -0.159. The SMILES string of the molecule is COC(=O)C(C(C)C)N1C(=O)C2C3C=CC(C3)C2C1=O. The van der Waals surface area contributed by atoms with E-state index in [0.29, 0.717) is 0 Å². The number of allylic oxidation sites excluding steroid dienone is 2. The molecule has 0 N–H and O–H groups in total. The first-order valence-electron chi connectivity index (χ1n) is 7.10. The van der Waals surface area contributed by atoms with Crippen molar-refractivity contribution in [3.05, 3.63) is 12.2 Å². The van der Waals surface area contributed by atoms with Crippen molar-refractivity contribution in [3.63, 3.8) is 0 Å². The van der Waals surface area contributed by atoms with Crippen LogP contribution < -0.4 is 0 Å². The van der Waals surface area contributed by atoms with Gasteiger partial charge in [-0.25, -0.2) is 4.79 Å². The molecule has 0 radical (unpaired) electrons. The molecule has 2 aliphatic carbocycles. The van der Waals surface area contributed by atoms with E-state index in [4.69, 9.17) is 4.74 Å². The molecule has 3 aliphatic rings. The van der Waals surface area contributed by atoms with E-state index >= 15 is 0 Å². The highest BCUT2D eigenvalue weighted by atomic mass is 16.5. The van der Waals surface area contributed by atoms with Gasteiger partial charge in [0.1, 0.15) is 6.04 Å². The Labute approximate surface area is 117 Å². The van der Waals surface area contributed by atoms with Crippen molar-refractivity contribution in [1.82, 2.24) is 4.90 Å². The van der Waals surface area contributed by atoms with Crippen molar-refractivity contribution in [1.29, 1.82) is 0 Å². The van der Waals surface area contributed by atoms with Gasteiger partial charge in [-0.15, -0.1) is 0 Å². The molecule has 1 saturated heterocycles. The van der Waals surface area contributed by atoms with Crippen molar-refractivity contribution < 1.29 is 19.1 Å². The predicted molar refractivity (Wildman–Crippen MR) is 70.2 cm³/mol. The second kappa shape index (κ2) is 4.43. The summed E-state index contributed by atoms with van der Waals surface area (Å²) < 4.78 is 4.77. The number of fused-ring (bicyclic) bond motifs is 5. The highest BCUT2D eigenvalue weighted by Crippen LogP contribution is 2.53. The first-order valence-corrected chi connectivity index (χ1v) is 7.10. The number of ether oxygens (including phenoxy) is 1. The fraction of sp³-hybridized carbons (Fsp3) is 0.667. The molecule has 108 valence electrons. The van der Waals surface area contributed by atoms with E-state index in [-0.39, 0.29) is 41.4 Å². The Bertz CT molecular complexity index is 480. The second-order valence-corrected chi connectivity index (χ2v) is 6.26. The number of rotatable bonds is 3. The maximum atomic E-state index is 12.6. The predicted octanol–water partition coefficient (Wildman–Crippen LogP) is 0.991. The first-order chi connectivity index (χ1) is 9.47. The van der Waals surface area contributed by atoms with E-state index < -0.39 is 12.0 Å². The van der Waals surface area contributed by atoms with Gasteiger partial charge in [-0.3, -0.25) is 14.5 Å². The summed E-state index contributed by atoms with van der Waals surface area (Å²) in [7, 11) is 1.29. The summed E-state index contributed by atoms with van der Waals surface area (Å²) in [6, 6.07) is -0.801. The van der Waals surface area contributed by atoms with E-state index in [1.165, 1.54) is 12.0 Å². The molecule has 5 unspecified atom stereocenters. The Morgan fingerprint density at radius 2 is 1.70 bits per heavy atom. The highest BCUT2D eigenvalue weighted by molar-refractivity contribution is 6.09. The van der Waals surface area contributed by atoms with E-state index in [0.717, 1.165) is 6.42 Å². The Balaban J connectivity index is 1.94. The minimum atomic E-state index is -0.801. The summed E-state index contributed by atoms with van der Waals surface area (Å²) in [4.78, 5) is 38.4. The number of likely N-dealkylation sites (tertiary alicyclic amines) is 1. The molecular formula is C15H19NO4. The molecule has 1 saturated carbocycles. The number of amides is 2. The van der Waals surface area contributed by atoms with Crippen LogP contribution in [0.1, 0.15) is 20.3 Å². The number of esters is 1. The van der Waals surface area contributed by atoms with Gasteiger partial charge in [-0.2, -0.15) is 0 Å². The maximum Gasteiger partial charge on any atom is 0.329 e. The zero-order valence-electron chi connectivity index (χ0n) is 11.9. The van der Waals surface area contributed by atoms with Crippen LogP contribution in [0, 0.1) is 29.6 Å². The van der Waals surface area contributed by atoms with Crippen LogP contribution in [0.15, 0.2) is 12.2 Å². The van der Waals surface area contributed by atoms with Crippen LogP contribution in [0.25, 0.3) is 0 Å². The summed E-state index contributed by atoms with van der Waals surface area (Å²) in [5, 5.41) is 0. The summed E-state index contributed by atoms with van der Waals surface area (Å²) >= 11 is 0.